The molecular weight excluding hydrogens is 302 g/mol. The Bertz CT molecular complexity index is 699. The van der Waals surface area contributed by atoms with Crippen LogP contribution in [0, 0.1) is 6.92 Å². The minimum absolute atomic E-state index is 0.130. The second kappa shape index (κ2) is 6.01. The zero-order valence-electron chi connectivity index (χ0n) is 12.6. The summed E-state index contributed by atoms with van der Waals surface area (Å²) < 4.78 is 7.36. The molecule has 1 aromatic carbocycles. The van der Waals surface area contributed by atoms with Crippen LogP contribution >= 0.6 is 11.6 Å². The number of hydrogen-bond acceptors (Lipinski definition) is 3. The van der Waals surface area contributed by atoms with Crippen LogP contribution in [-0.2, 0) is 17.8 Å². The van der Waals surface area contributed by atoms with Gasteiger partial charge in [0.1, 0.15) is 5.75 Å². The van der Waals surface area contributed by atoms with Crippen LogP contribution in [0.4, 0.5) is 0 Å². The number of fused-ring (bicyclic) bond motifs is 1. The fraction of sp³-hybridized carbons (Fsp3) is 0.375. The van der Waals surface area contributed by atoms with Crippen molar-refractivity contribution >= 4 is 18.0 Å². The van der Waals surface area contributed by atoms with E-state index in [-0.39, 0.29) is 6.04 Å². The number of nitrogens with zero attached hydrogens (tertiary/aromatic N) is 3. The molecule has 1 atom stereocenters. The van der Waals surface area contributed by atoms with Crippen molar-refractivity contribution in [3.8, 4) is 5.75 Å². The van der Waals surface area contributed by atoms with E-state index in [4.69, 9.17) is 16.3 Å². The Kier molecular flexibility index (Phi) is 4.07. The molecule has 0 saturated heterocycles. The maximum atomic E-state index is 11.5. The molecule has 2 heterocycles. The molecule has 0 N–H and O–H groups in total. The van der Waals surface area contributed by atoms with Crippen LogP contribution in [0.15, 0.2) is 24.5 Å². The number of ether oxygens (including phenoxy) is 1. The highest BCUT2D eigenvalue weighted by Gasteiger charge is 2.31. The van der Waals surface area contributed by atoms with Crippen molar-refractivity contribution in [2.24, 2.45) is 0 Å². The zero-order chi connectivity index (χ0) is 15.7. The lowest BCUT2D eigenvalue weighted by Gasteiger charge is -2.36. The van der Waals surface area contributed by atoms with Gasteiger partial charge in [-0.25, -0.2) is 0 Å². The van der Waals surface area contributed by atoms with Gasteiger partial charge in [-0.05, 0) is 36.6 Å². The van der Waals surface area contributed by atoms with Gasteiger partial charge in [-0.2, -0.15) is 5.10 Å². The summed E-state index contributed by atoms with van der Waals surface area (Å²) in [5, 5.41) is 5.05. The first kappa shape index (κ1) is 14.9. The summed E-state index contributed by atoms with van der Waals surface area (Å²) in [4.78, 5) is 13.3. The highest BCUT2D eigenvalue weighted by molar-refractivity contribution is 6.31. The topological polar surface area (TPSA) is 47.4 Å². The average Bonchev–Trinajstić information content (AvgIpc) is 2.93. The quantitative estimate of drug-likeness (QED) is 0.814. The Balaban J connectivity index is 2.06. The number of aryl methyl sites for hydroxylation is 1. The van der Waals surface area contributed by atoms with Crippen molar-refractivity contribution in [2.45, 2.75) is 25.9 Å². The maximum absolute atomic E-state index is 11.5. The normalized spacial score (nSPS) is 17.2. The summed E-state index contributed by atoms with van der Waals surface area (Å²) in [7, 11) is 1.64. The van der Waals surface area contributed by atoms with Crippen molar-refractivity contribution in [3.63, 3.8) is 0 Å². The van der Waals surface area contributed by atoms with E-state index in [9.17, 15) is 4.79 Å². The lowest BCUT2D eigenvalue weighted by Crippen LogP contribution is -2.37. The Morgan fingerprint density at radius 3 is 2.95 bits per heavy atom. The monoisotopic (exact) mass is 319 g/mol. The minimum Gasteiger partial charge on any atom is -0.496 e. The maximum Gasteiger partial charge on any atom is 0.210 e. The van der Waals surface area contributed by atoms with Gasteiger partial charge in [0, 0.05) is 23.3 Å². The summed E-state index contributed by atoms with van der Waals surface area (Å²) in [5.74, 6) is 0.764. The van der Waals surface area contributed by atoms with Crippen LogP contribution in [0.5, 0.6) is 5.75 Å². The number of rotatable bonds is 4. The van der Waals surface area contributed by atoms with E-state index in [1.54, 1.807) is 12.0 Å². The Labute approximate surface area is 134 Å². The molecule has 3 rings (SSSR count). The second-order valence-corrected chi connectivity index (χ2v) is 5.90. The van der Waals surface area contributed by atoms with Gasteiger partial charge in [0.2, 0.25) is 6.41 Å². The molecule has 0 spiro atoms. The molecule has 1 unspecified atom stereocenters. The van der Waals surface area contributed by atoms with Crippen molar-refractivity contribution in [3.05, 3.63) is 46.2 Å². The van der Waals surface area contributed by atoms with Crippen molar-refractivity contribution < 1.29 is 9.53 Å². The van der Waals surface area contributed by atoms with Crippen LogP contribution in [0.1, 0.15) is 22.7 Å². The number of halogens is 1. The Hall–Kier alpha value is -2.01. The number of hydrogen-bond donors (Lipinski definition) is 0. The third-order valence-electron chi connectivity index (χ3n) is 4.09. The number of carbonyl (C=O) groups is 1. The lowest BCUT2D eigenvalue weighted by molar-refractivity contribution is -0.121. The van der Waals surface area contributed by atoms with E-state index in [0.29, 0.717) is 13.1 Å². The van der Waals surface area contributed by atoms with Gasteiger partial charge in [-0.3, -0.25) is 9.48 Å². The van der Waals surface area contributed by atoms with Crippen molar-refractivity contribution in [1.82, 2.24) is 14.7 Å². The second-order valence-electron chi connectivity index (χ2n) is 5.49. The summed E-state index contributed by atoms with van der Waals surface area (Å²) in [6.07, 6.45) is 5.40. The van der Waals surface area contributed by atoms with Gasteiger partial charge in [0.25, 0.3) is 0 Å². The lowest BCUT2D eigenvalue weighted by atomic mass is 9.91. The van der Waals surface area contributed by atoms with Crippen LogP contribution in [0.2, 0.25) is 5.02 Å². The summed E-state index contributed by atoms with van der Waals surface area (Å²) >= 11 is 6.35. The van der Waals surface area contributed by atoms with Gasteiger partial charge >= 0.3 is 0 Å². The molecule has 0 bridgehead atoms. The molecule has 22 heavy (non-hydrogen) atoms. The van der Waals surface area contributed by atoms with Crippen LogP contribution in [0.3, 0.4) is 0 Å². The molecule has 2 aromatic rings. The number of benzene rings is 1. The standard InChI is InChI=1S/C16H18ClN3O2/c1-11-7-18-20(8-11)9-14-16-12(5-6-19(14)10-21)13(17)3-4-15(16)22-2/h3-4,7-8,10,14H,5-6,9H2,1-2H3. The molecule has 5 nitrogen and oxygen atoms in total. The van der Waals surface area contributed by atoms with Crippen LogP contribution in [0.25, 0.3) is 0 Å². The first-order valence-corrected chi connectivity index (χ1v) is 7.57. The largest absolute Gasteiger partial charge is 0.496 e. The van der Waals surface area contributed by atoms with Gasteiger partial charge in [-0.15, -0.1) is 0 Å². The smallest absolute Gasteiger partial charge is 0.210 e. The van der Waals surface area contributed by atoms with Gasteiger partial charge < -0.3 is 9.64 Å². The highest BCUT2D eigenvalue weighted by atomic mass is 35.5. The van der Waals surface area contributed by atoms with E-state index in [0.717, 1.165) is 40.3 Å². The Morgan fingerprint density at radius 1 is 1.50 bits per heavy atom. The molecule has 0 saturated carbocycles. The fourth-order valence-electron chi connectivity index (χ4n) is 3.04. The van der Waals surface area contributed by atoms with E-state index < -0.39 is 0 Å². The summed E-state index contributed by atoms with van der Waals surface area (Å²) in [6, 6.07) is 3.58. The summed E-state index contributed by atoms with van der Waals surface area (Å²) in [6.45, 7) is 3.22. The number of amides is 1. The predicted octanol–water partition coefficient (Wildman–Crippen LogP) is 2.61. The van der Waals surface area contributed by atoms with Crippen molar-refractivity contribution in [1.29, 1.82) is 0 Å². The minimum atomic E-state index is -0.130. The first-order valence-electron chi connectivity index (χ1n) is 7.19. The third-order valence-corrected chi connectivity index (χ3v) is 4.45. The number of carbonyl (C=O) groups excluding carboxylic acids is 1. The molecule has 0 aliphatic carbocycles. The average molecular weight is 320 g/mol. The van der Waals surface area contributed by atoms with Crippen molar-refractivity contribution in [2.75, 3.05) is 13.7 Å². The SMILES string of the molecule is COc1ccc(Cl)c2c1C(Cn1cc(C)cn1)N(C=O)CC2. The van der Waals surface area contributed by atoms with E-state index in [1.165, 1.54) is 0 Å². The van der Waals surface area contributed by atoms with E-state index in [2.05, 4.69) is 5.10 Å². The number of methoxy groups -OCH3 is 1. The first-order chi connectivity index (χ1) is 10.6. The van der Waals surface area contributed by atoms with Gasteiger partial charge in [-0.1, -0.05) is 11.6 Å². The molecule has 0 radical (unpaired) electrons. The zero-order valence-corrected chi connectivity index (χ0v) is 13.4. The van der Waals surface area contributed by atoms with E-state index >= 15 is 0 Å². The fourth-order valence-corrected chi connectivity index (χ4v) is 3.30. The third kappa shape index (κ3) is 2.57. The molecule has 1 aliphatic heterocycles. The van der Waals surface area contributed by atoms with Crippen LogP contribution < -0.4 is 4.74 Å². The highest BCUT2D eigenvalue weighted by Crippen LogP contribution is 2.40. The summed E-state index contributed by atoms with van der Waals surface area (Å²) in [5.41, 5.74) is 3.14. The molecule has 0 fully saturated rings. The van der Waals surface area contributed by atoms with Gasteiger partial charge in [0.05, 0.1) is 25.9 Å². The number of aromatic nitrogens is 2. The Morgan fingerprint density at radius 2 is 2.32 bits per heavy atom. The molecule has 1 aliphatic rings. The molecule has 1 amide bonds. The molecule has 6 heteroatoms. The predicted molar refractivity (Wildman–Crippen MR) is 84.2 cm³/mol. The van der Waals surface area contributed by atoms with Crippen LogP contribution in [-0.4, -0.2) is 34.7 Å². The molecule has 1 aromatic heterocycles. The molecular formula is C16H18ClN3O2. The molecule has 116 valence electrons. The van der Waals surface area contributed by atoms with Gasteiger partial charge in [0.15, 0.2) is 0 Å². The van der Waals surface area contributed by atoms with E-state index in [1.807, 2.05) is 36.1 Å².